The van der Waals surface area contributed by atoms with Gasteiger partial charge >= 0.3 is 0 Å². The van der Waals surface area contributed by atoms with Crippen LogP contribution in [-0.4, -0.2) is 23.0 Å². The third-order valence-corrected chi connectivity index (χ3v) is 4.73. The van der Waals surface area contributed by atoms with E-state index in [-0.39, 0.29) is 23.9 Å². The molecule has 1 amide bonds. The van der Waals surface area contributed by atoms with Crippen molar-refractivity contribution in [2.24, 2.45) is 0 Å². The number of nitrogens with zero attached hydrogens (tertiary/aromatic N) is 1. The summed E-state index contributed by atoms with van der Waals surface area (Å²) < 4.78 is 5.33. The smallest absolute Gasteiger partial charge is 0.251 e. The van der Waals surface area contributed by atoms with E-state index >= 15 is 0 Å². The molecule has 0 unspecified atom stereocenters. The standard InChI is InChI=1S/C22H22ClN3O3/c1-14-24-18(13-22(28)25-14)12-19(15-7-9-17(23)10-8-15)26-21(27)11-16-5-3-4-6-20(16)29-2/h3-10,13,19H,11-12H2,1-2H3,(H,26,27)(H,24,25,28)/t19-/m1/s1. The predicted molar refractivity (Wildman–Crippen MR) is 112 cm³/mol. The number of carbonyl (C=O) groups is 1. The summed E-state index contributed by atoms with van der Waals surface area (Å²) in [6.45, 7) is 1.72. The molecular weight excluding hydrogens is 390 g/mol. The lowest BCUT2D eigenvalue weighted by molar-refractivity contribution is -0.121. The Hall–Kier alpha value is -3.12. The lowest BCUT2D eigenvalue weighted by Crippen LogP contribution is -2.32. The van der Waals surface area contributed by atoms with Crippen molar-refractivity contribution in [3.05, 3.63) is 92.6 Å². The van der Waals surface area contributed by atoms with Gasteiger partial charge in [0.05, 0.1) is 25.3 Å². The SMILES string of the molecule is COc1ccccc1CC(=O)N[C@H](Cc1cc(=O)[nH]c(C)n1)c1ccc(Cl)cc1. The highest BCUT2D eigenvalue weighted by Crippen LogP contribution is 2.22. The van der Waals surface area contributed by atoms with Crippen LogP contribution in [0.15, 0.2) is 59.4 Å². The number of para-hydroxylation sites is 1. The number of halogens is 1. The number of aromatic nitrogens is 2. The Bertz CT molecular complexity index is 1050. The molecule has 0 fully saturated rings. The first-order valence-electron chi connectivity index (χ1n) is 9.18. The topological polar surface area (TPSA) is 84.1 Å². The van der Waals surface area contributed by atoms with Crippen LogP contribution in [0.3, 0.4) is 0 Å². The monoisotopic (exact) mass is 411 g/mol. The molecular formula is C22H22ClN3O3. The Morgan fingerprint density at radius 3 is 2.62 bits per heavy atom. The zero-order chi connectivity index (χ0) is 20.8. The zero-order valence-electron chi connectivity index (χ0n) is 16.2. The first-order chi connectivity index (χ1) is 13.9. The number of ether oxygens (including phenoxy) is 1. The van der Waals surface area contributed by atoms with Crippen molar-refractivity contribution < 1.29 is 9.53 Å². The summed E-state index contributed by atoms with van der Waals surface area (Å²) in [5.41, 5.74) is 2.06. The molecule has 0 radical (unpaired) electrons. The van der Waals surface area contributed by atoms with E-state index in [2.05, 4.69) is 15.3 Å². The molecule has 1 atom stereocenters. The number of amides is 1. The predicted octanol–water partition coefficient (Wildman–Crippen LogP) is 3.38. The lowest BCUT2D eigenvalue weighted by atomic mass is 10.0. The van der Waals surface area contributed by atoms with Crippen molar-refractivity contribution in [3.63, 3.8) is 0 Å². The number of rotatable bonds is 7. The van der Waals surface area contributed by atoms with Crippen LogP contribution in [0.2, 0.25) is 5.02 Å². The van der Waals surface area contributed by atoms with Crippen molar-refractivity contribution >= 4 is 17.5 Å². The molecule has 0 aliphatic carbocycles. The van der Waals surface area contributed by atoms with E-state index in [1.54, 1.807) is 26.2 Å². The summed E-state index contributed by atoms with van der Waals surface area (Å²) in [5, 5.41) is 3.66. The van der Waals surface area contributed by atoms with Gasteiger partial charge in [-0.05, 0) is 30.7 Å². The molecule has 0 saturated heterocycles. The van der Waals surface area contributed by atoms with Gasteiger partial charge in [0.1, 0.15) is 11.6 Å². The van der Waals surface area contributed by atoms with Crippen molar-refractivity contribution in [1.29, 1.82) is 0 Å². The summed E-state index contributed by atoms with van der Waals surface area (Å²) in [6.07, 6.45) is 0.556. The van der Waals surface area contributed by atoms with Crippen molar-refractivity contribution in [1.82, 2.24) is 15.3 Å². The van der Waals surface area contributed by atoms with Crippen molar-refractivity contribution in [2.75, 3.05) is 7.11 Å². The fourth-order valence-electron chi connectivity index (χ4n) is 3.17. The molecule has 3 rings (SSSR count). The number of H-pyrrole nitrogens is 1. The number of aromatic amines is 1. The number of hydrogen-bond donors (Lipinski definition) is 2. The van der Waals surface area contributed by atoms with Gasteiger partial charge in [0.2, 0.25) is 5.91 Å². The third-order valence-electron chi connectivity index (χ3n) is 4.48. The highest BCUT2D eigenvalue weighted by molar-refractivity contribution is 6.30. The van der Waals surface area contributed by atoms with E-state index in [9.17, 15) is 9.59 Å². The number of aryl methyl sites for hydroxylation is 1. The fourth-order valence-corrected chi connectivity index (χ4v) is 3.30. The Morgan fingerprint density at radius 2 is 1.93 bits per heavy atom. The van der Waals surface area contributed by atoms with E-state index in [1.807, 2.05) is 36.4 Å². The van der Waals surface area contributed by atoms with Crippen molar-refractivity contribution in [3.8, 4) is 5.75 Å². The molecule has 1 aromatic heterocycles. The quantitative estimate of drug-likeness (QED) is 0.624. The van der Waals surface area contributed by atoms with Crippen LogP contribution < -0.4 is 15.6 Å². The second-order valence-electron chi connectivity index (χ2n) is 6.69. The Morgan fingerprint density at radius 1 is 1.21 bits per heavy atom. The third kappa shape index (κ3) is 5.68. The van der Waals surface area contributed by atoms with Gasteiger partial charge in [-0.25, -0.2) is 4.98 Å². The van der Waals surface area contributed by atoms with Crippen LogP contribution in [0.25, 0.3) is 0 Å². The Kier molecular flexibility index (Phi) is 6.67. The number of nitrogens with one attached hydrogen (secondary N) is 2. The van der Waals surface area contributed by atoms with Crippen LogP contribution >= 0.6 is 11.6 Å². The lowest BCUT2D eigenvalue weighted by Gasteiger charge is -2.20. The Labute approximate surface area is 173 Å². The van der Waals surface area contributed by atoms with Crippen molar-refractivity contribution in [2.45, 2.75) is 25.8 Å². The summed E-state index contributed by atoms with van der Waals surface area (Å²) >= 11 is 6.01. The molecule has 29 heavy (non-hydrogen) atoms. The molecule has 150 valence electrons. The molecule has 3 aromatic rings. The second kappa shape index (κ2) is 9.39. The van der Waals surface area contributed by atoms with Gasteiger partial charge < -0.3 is 15.0 Å². The molecule has 0 spiro atoms. The minimum Gasteiger partial charge on any atom is -0.496 e. The number of benzene rings is 2. The van der Waals surface area contributed by atoms with E-state index in [0.717, 1.165) is 11.1 Å². The van der Waals surface area contributed by atoms with Crippen LogP contribution in [-0.2, 0) is 17.6 Å². The minimum atomic E-state index is -0.358. The van der Waals surface area contributed by atoms with E-state index in [0.29, 0.717) is 28.7 Å². The molecule has 2 N–H and O–H groups in total. The Balaban J connectivity index is 1.83. The maximum absolute atomic E-state index is 12.8. The van der Waals surface area contributed by atoms with Gasteiger partial charge in [0.15, 0.2) is 0 Å². The summed E-state index contributed by atoms with van der Waals surface area (Å²) in [6, 6.07) is 15.7. The number of hydrogen-bond acceptors (Lipinski definition) is 4. The largest absolute Gasteiger partial charge is 0.496 e. The van der Waals surface area contributed by atoms with Gasteiger partial charge in [-0.3, -0.25) is 9.59 Å². The van der Waals surface area contributed by atoms with Gasteiger partial charge in [0.25, 0.3) is 5.56 Å². The molecule has 7 heteroatoms. The molecule has 6 nitrogen and oxygen atoms in total. The average molecular weight is 412 g/mol. The average Bonchev–Trinajstić information content (AvgIpc) is 2.67. The van der Waals surface area contributed by atoms with Gasteiger partial charge in [-0.15, -0.1) is 0 Å². The van der Waals surface area contributed by atoms with Crippen LogP contribution in [0.5, 0.6) is 5.75 Å². The van der Waals surface area contributed by atoms with E-state index < -0.39 is 0 Å². The van der Waals surface area contributed by atoms with E-state index in [4.69, 9.17) is 16.3 Å². The molecule has 2 aromatic carbocycles. The highest BCUT2D eigenvalue weighted by Gasteiger charge is 2.18. The van der Waals surface area contributed by atoms with Crippen LogP contribution in [0.1, 0.15) is 28.7 Å². The molecule has 0 aliphatic heterocycles. The summed E-state index contributed by atoms with van der Waals surface area (Å²) in [7, 11) is 1.58. The summed E-state index contributed by atoms with van der Waals surface area (Å²) in [4.78, 5) is 31.6. The normalized spacial score (nSPS) is 11.7. The highest BCUT2D eigenvalue weighted by atomic mass is 35.5. The summed E-state index contributed by atoms with van der Waals surface area (Å²) in [5.74, 6) is 1.04. The minimum absolute atomic E-state index is 0.156. The number of carbonyl (C=O) groups excluding carboxylic acids is 1. The maximum atomic E-state index is 12.8. The molecule has 0 bridgehead atoms. The van der Waals surface area contributed by atoms with Gasteiger partial charge in [0, 0.05) is 23.1 Å². The van der Waals surface area contributed by atoms with Crippen LogP contribution in [0.4, 0.5) is 0 Å². The first-order valence-corrected chi connectivity index (χ1v) is 9.56. The first kappa shape index (κ1) is 20.6. The number of methoxy groups -OCH3 is 1. The van der Waals surface area contributed by atoms with Crippen LogP contribution in [0, 0.1) is 6.92 Å². The molecule has 0 aliphatic rings. The van der Waals surface area contributed by atoms with Gasteiger partial charge in [-0.1, -0.05) is 41.9 Å². The molecule has 1 heterocycles. The second-order valence-corrected chi connectivity index (χ2v) is 7.12. The zero-order valence-corrected chi connectivity index (χ0v) is 17.0. The van der Waals surface area contributed by atoms with E-state index in [1.165, 1.54) is 6.07 Å². The fraction of sp³-hybridized carbons (Fsp3) is 0.227. The molecule has 0 saturated carbocycles. The maximum Gasteiger partial charge on any atom is 0.251 e. The van der Waals surface area contributed by atoms with Gasteiger partial charge in [-0.2, -0.15) is 0 Å².